The van der Waals surface area contributed by atoms with Crippen LogP contribution in [0.1, 0.15) is 42.5 Å². The van der Waals surface area contributed by atoms with Crippen LogP contribution in [0.15, 0.2) is 47.3 Å². The smallest absolute Gasteiger partial charge is 0.267 e. The summed E-state index contributed by atoms with van der Waals surface area (Å²) in [6, 6.07) is 11.5. The SMILES string of the molecule is O=C1CC[C@H](C=C(c2ccc(CCCCO)cc2)c2ccc(Cl)c(=O)[nH]2)N1. The van der Waals surface area contributed by atoms with Crippen molar-refractivity contribution in [2.45, 2.75) is 38.1 Å². The number of rotatable bonds is 7. The highest BCUT2D eigenvalue weighted by atomic mass is 35.5. The Bertz CT molecular complexity index is 887. The molecular formula is C21H23ClN2O3. The molecule has 3 N–H and O–H groups in total. The minimum absolute atomic E-state index is 0.0411. The Labute approximate surface area is 163 Å². The van der Waals surface area contributed by atoms with Crippen LogP contribution in [0.5, 0.6) is 0 Å². The van der Waals surface area contributed by atoms with Gasteiger partial charge in [-0.1, -0.05) is 41.9 Å². The second-order valence-electron chi connectivity index (χ2n) is 6.72. The highest BCUT2D eigenvalue weighted by Gasteiger charge is 2.20. The molecular weight excluding hydrogens is 364 g/mol. The second-order valence-corrected chi connectivity index (χ2v) is 7.13. The molecule has 0 aliphatic carbocycles. The van der Waals surface area contributed by atoms with E-state index in [1.54, 1.807) is 12.1 Å². The maximum absolute atomic E-state index is 12.0. The van der Waals surface area contributed by atoms with Crippen LogP contribution in [0.3, 0.4) is 0 Å². The highest BCUT2D eigenvalue weighted by Crippen LogP contribution is 2.25. The highest BCUT2D eigenvalue weighted by molar-refractivity contribution is 6.30. The number of aliphatic hydroxyl groups excluding tert-OH is 1. The fourth-order valence-corrected chi connectivity index (χ4v) is 3.32. The van der Waals surface area contributed by atoms with Gasteiger partial charge in [-0.15, -0.1) is 0 Å². The first-order valence-electron chi connectivity index (χ1n) is 9.17. The lowest BCUT2D eigenvalue weighted by Crippen LogP contribution is -2.23. The molecule has 5 nitrogen and oxygen atoms in total. The van der Waals surface area contributed by atoms with E-state index in [1.807, 2.05) is 18.2 Å². The van der Waals surface area contributed by atoms with Crippen molar-refractivity contribution in [3.63, 3.8) is 0 Å². The number of nitrogens with one attached hydrogen (secondary N) is 2. The maximum Gasteiger partial charge on any atom is 0.267 e. The predicted octanol–water partition coefficient (Wildman–Crippen LogP) is 3.05. The van der Waals surface area contributed by atoms with Crippen LogP contribution in [0.2, 0.25) is 5.02 Å². The molecule has 1 aromatic heterocycles. The lowest BCUT2D eigenvalue weighted by atomic mass is 9.97. The van der Waals surface area contributed by atoms with Gasteiger partial charge in [0.05, 0.1) is 0 Å². The number of H-pyrrole nitrogens is 1. The van der Waals surface area contributed by atoms with E-state index in [1.165, 1.54) is 5.56 Å². The molecule has 142 valence electrons. The van der Waals surface area contributed by atoms with E-state index >= 15 is 0 Å². The molecule has 0 unspecified atom stereocenters. The van der Waals surface area contributed by atoms with Gasteiger partial charge >= 0.3 is 0 Å². The molecule has 3 rings (SSSR count). The second kappa shape index (κ2) is 9.02. The molecule has 1 fully saturated rings. The number of unbranched alkanes of at least 4 members (excludes halogenated alkanes) is 1. The van der Waals surface area contributed by atoms with Crippen molar-refractivity contribution in [1.82, 2.24) is 10.3 Å². The molecule has 0 saturated carbocycles. The molecule has 0 radical (unpaired) electrons. The van der Waals surface area contributed by atoms with Crippen molar-refractivity contribution in [2.75, 3.05) is 6.61 Å². The van der Waals surface area contributed by atoms with Gasteiger partial charge in [0.15, 0.2) is 0 Å². The molecule has 0 spiro atoms. The summed E-state index contributed by atoms with van der Waals surface area (Å²) in [5, 5.41) is 12.0. The molecule has 2 heterocycles. The Morgan fingerprint density at radius 1 is 1.15 bits per heavy atom. The molecule has 1 atom stereocenters. The fourth-order valence-electron chi connectivity index (χ4n) is 3.21. The maximum atomic E-state index is 12.0. The summed E-state index contributed by atoms with van der Waals surface area (Å²) in [4.78, 5) is 26.3. The van der Waals surface area contributed by atoms with E-state index < -0.39 is 0 Å². The number of carbonyl (C=O) groups is 1. The third kappa shape index (κ3) is 5.08. The Balaban J connectivity index is 1.91. The van der Waals surface area contributed by atoms with Crippen LogP contribution in [0, 0.1) is 0 Å². The quantitative estimate of drug-likeness (QED) is 0.639. The third-order valence-electron chi connectivity index (χ3n) is 4.69. The predicted molar refractivity (Wildman–Crippen MR) is 107 cm³/mol. The number of aliphatic hydroxyl groups is 1. The lowest BCUT2D eigenvalue weighted by molar-refractivity contribution is -0.119. The Kier molecular flexibility index (Phi) is 6.48. The van der Waals surface area contributed by atoms with Crippen molar-refractivity contribution in [3.05, 3.63) is 74.7 Å². The first-order chi connectivity index (χ1) is 13.1. The number of amides is 1. The summed E-state index contributed by atoms with van der Waals surface area (Å²) in [5.41, 5.74) is 3.35. The first kappa shape index (κ1) is 19.4. The van der Waals surface area contributed by atoms with Crippen molar-refractivity contribution in [3.8, 4) is 0 Å². The minimum atomic E-state index is -0.337. The van der Waals surface area contributed by atoms with Gasteiger partial charge in [0, 0.05) is 30.3 Å². The molecule has 1 saturated heterocycles. The van der Waals surface area contributed by atoms with Crippen molar-refractivity contribution >= 4 is 23.1 Å². The van der Waals surface area contributed by atoms with Crippen LogP contribution >= 0.6 is 11.6 Å². The molecule has 1 amide bonds. The number of hydrogen-bond donors (Lipinski definition) is 3. The molecule has 0 bridgehead atoms. The van der Waals surface area contributed by atoms with Crippen LogP contribution in [-0.2, 0) is 11.2 Å². The van der Waals surface area contributed by atoms with Gasteiger partial charge in [0.25, 0.3) is 5.56 Å². The number of aryl methyl sites for hydroxylation is 1. The zero-order valence-corrected chi connectivity index (χ0v) is 15.8. The molecule has 2 aromatic rings. The number of benzene rings is 1. The summed E-state index contributed by atoms with van der Waals surface area (Å²) >= 11 is 5.86. The van der Waals surface area contributed by atoms with E-state index in [2.05, 4.69) is 22.4 Å². The van der Waals surface area contributed by atoms with E-state index in [9.17, 15) is 9.59 Å². The fraction of sp³-hybridized carbons (Fsp3) is 0.333. The Morgan fingerprint density at radius 3 is 2.56 bits per heavy atom. The summed E-state index contributed by atoms with van der Waals surface area (Å²) < 4.78 is 0. The van der Waals surface area contributed by atoms with Crippen molar-refractivity contribution in [2.24, 2.45) is 0 Å². The number of aromatic nitrogens is 1. The van der Waals surface area contributed by atoms with Gasteiger partial charge in [-0.3, -0.25) is 9.59 Å². The minimum Gasteiger partial charge on any atom is -0.396 e. The van der Waals surface area contributed by atoms with Crippen LogP contribution < -0.4 is 10.9 Å². The van der Waals surface area contributed by atoms with Crippen LogP contribution in [0.25, 0.3) is 5.57 Å². The van der Waals surface area contributed by atoms with Crippen LogP contribution in [-0.4, -0.2) is 28.6 Å². The normalized spacial score (nSPS) is 17.2. The third-order valence-corrected chi connectivity index (χ3v) is 4.98. The van der Waals surface area contributed by atoms with Gasteiger partial charge in [-0.05, 0) is 48.9 Å². The van der Waals surface area contributed by atoms with E-state index in [4.69, 9.17) is 16.7 Å². The van der Waals surface area contributed by atoms with E-state index in [0.29, 0.717) is 12.1 Å². The summed E-state index contributed by atoms with van der Waals surface area (Å²) in [6.45, 7) is 0.210. The van der Waals surface area contributed by atoms with Crippen molar-refractivity contribution in [1.29, 1.82) is 0 Å². The Hall–Kier alpha value is -2.37. The average molecular weight is 387 g/mol. The number of hydrogen-bond acceptors (Lipinski definition) is 3. The number of carbonyl (C=O) groups excluding carboxylic acids is 1. The van der Waals surface area contributed by atoms with Gasteiger partial charge in [0.2, 0.25) is 5.91 Å². The average Bonchev–Trinajstić information content (AvgIpc) is 3.08. The number of pyridine rings is 1. The monoisotopic (exact) mass is 386 g/mol. The van der Waals surface area contributed by atoms with Crippen molar-refractivity contribution < 1.29 is 9.90 Å². The van der Waals surface area contributed by atoms with Gasteiger partial charge in [-0.2, -0.15) is 0 Å². The Morgan fingerprint density at radius 2 is 1.93 bits per heavy atom. The standard InChI is InChI=1S/C21H23ClN2O3/c22-18-9-10-19(24-21(18)27)17(13-16-8-11-20(26)23-16)15-6-4-14(5-7-15)3-1-2-12-25/h4-7,9-10,13,16,25H,1-3,8,11-12H2,(H,23,26)(H,24,27)/t16-/m1/s1. The largest absolute Gasteiger partial charge is 0.396 e. The number of halogens is 1. The van der Waals surface area contributed by atoms with Gasteiger partial charge in [0.1, 0.15) is 5.02 Å². The summed E-state index contributed by atoms with van der Waals surface area (Å²) in [7, 11) is 0. The van der Waals surface area contributed by atoms with Gasteiger partial charge < -0.3 is 15.4 Å². The van der Waals surface area contributed by atoms with E-state index in [0.717, 1.165) is 36.8 Å². The molecule has 1 aliphatic heterocycles. The lowest BCUT2D eigenvalue weighted by Gasteiger charge is -2.13. The van der Waals surface area contributed by atoms with Gasteiger partial charge in [-0.25, -0.2) is 0 Å². The first-order valence-corrected chi connectivity index (χ1v) is 9.55. The zero-order chi connectivity index (χ0) is 19.2. The number of aromatic amines is 1. The topological polar surface area (TPSA) is 82.2 Å². The molecule has 6 heteroatoms. The summed E-state index contributed by atoms with van der Waals surface area (Å²) in [6.07, 6.45) is 5.88. The zero-order valence-electron chi connectivity index (χ0n) is 15.0. The molecule has 1 aliphatic rings. The molecule has 27 heavy (non-hydrogen) atoms. The van der Waals surface area contributed by atoms with Crippen LogP contribution in [0.4, 0.5) is 0 Å². The molecule has 1 aromatic carbocycles. The summed E-state index contributed by atoms with van der Waals surface area (Å²) in [5.74, 6) is 0.0411. The van der Waals surface area contributed by atoms with E-state index in [-0.39, 0.29) is 29.1 Å².